The second-order valence-corrected chi connectivity index (χ2v) is 6.44. The van der Waals surface area contributed by atoms with E-state index in [1.165, 1.54) is 4.70 Å². The molecular formula is C18H17N3S. The third-order valence-electron chi connectivity index (χ3n) is 3.89. The number of benzene rings is 2. The van der Waals surface area contributed by atoms with E-state index in [1.54, 1.807) is 11.3 Å². The van der Waals surface area contributed by atoms with Crippen molar-refractivity contribution in [1.82, 2.24) is 9.88 Å². The maximum absolute atomic E-state index is 9.20. The molecule has 2 aromatic carbocycles. The molecule has 0 fully saturated rings. The van der Waals surface area contributed by atoms with Gasteiger partial charge in [0.15, 0.2) is 0 Å². The van der Waals surface area contributed by atoms with Crippen LogP contribution in [-0.2, 0) is 6.54 Å². The quantitative estimate of drug-likeness (QED) is 0.719. The van der Waals surface area contributed by atoms with Crippen molar-refractivity contribution >= 4 is 21.6 Å². The van der Waals surface area contributed by atoms with Crippen molar-refractivity contribution in [2.45, 2.75) is 19.5 Å². The minimum absolute atomic E-state index is 0.212. The third-order valence-corrected chi connectivity index (χ3v) is 5.09. The zero-order chi connectivity index (χ0) is 15.5. The van der Waals surface area contributed by atoms with Crippen LogP contribution >= 0.6 is 11.3 Å². The van der Waals surface area contributed by atoms with Gasteiger partial charge in [-0.3, -0.25) is 4.90 Å². The van der Waals surface area contributed by atoms with E-state index in [4.69, 9.17) is 4.98 Å². The zero-order valence-electron chi connectivity index (χ0n) is 12.7. The Morgan fingerprint density at radius 3 is 2.68 bits per heavy atom. The van der Waals surface area contributed by atoms with E-state index in [2.05, 4.69) is 31.0 Å². The molecule has 0 aliphatic heterocycles. The molecule has 0 aliphatic rings. The van der Waals surface area contributed by atoms with Crippen molar-refractivity contribution in [2.75, 3.05) is 7.05 Å². The Balaban J connectivity index is 1.82. The first kappa shape index (κ1) is 14.7. The normalized spacial score (nSPS) is 12.5. The summed E-state index contributed by atoms with van der Waals surface area (Å²) in [4.78, 5) is 6.96. The standard InChI is InChI=1S/C18H17N3S/c1-13(18-20-16-9-5-6-10-17(16)22-18)21(2)12-15-8-4-3-7-14(15)11-19/h3-10,13H,12H2,1-2H3/t13-/m1/s1. The van der Waals surface area contributed by atoms with Crippen LogP contribution in [0.1, 0.15) is 29.1 Å². The van der Waals surface area contributed by atoms with Gasteiger partial charge in [-0.1, -0.05) is 30.3 Å². The van der Waals surface area contributed by atoms with Gasteiger partial charge < -0.3 is 0 Å². The molecule has 0 saturated carbocycles. The number of para-hydroxylation sites is 1. The molecule has 0 spiro atoms. The number of nitriles is 1. The molecule has 3 nitrogen and oxygen atoms in total. The van der Waals surface area contributed by atoms with E-state index in [1.807, 2.05) is 42.5 Å². The maximum Gasteiger partial charge on any atom is 0.111 e. The Labute approximate surface area is 134 Å². The monoisotopic (exact) mass is 307 g/mol. The topological polar surface area (TPSA) is 39.9 Å². The molecular weight excluding hydrogens is 290 g/mol. The molecule has 0 bridgehead atoms. The highest BCUT2D eigenvalue weighted by Crippen LogP contribution is 2.29. The summed E-state index contributed by atoms with van der Waals surface area (Å²) in [5.74, 6) is 0. The summed E-state index contributed by atoms with van der Waals surface area (Å²) in [6.07, 6.45) is 0. The molecule has 1 heterocycles. The van der Waals surface area contributed by atoms with E-state index in [0.717, 1.165) is 28.2 Å². The summed E-state index contributed by atoms with van der Waals surface area (Å²) in [5, 5.41) is 10.3. The first-order valence-corrected chi connectivity index (χ1v) is 8.04. The van der Waals surface area contributed by atoms with Crippen molar-refractivity contribution in [3.8, 4) is 6.07 Å². The van der Waals surface area contributed by atoms with E-state index >= 15 is 0 Å². The highest BCUT2D eigenvalue weighted by atomic mass is 32.1. The molecule has 4 heteroatoms. The van der Waals surface area contributed by atoms with Crippen molar-refractivity contribution in [1.29, 1.82) is 5.26 Å². The molecule has 22 heavy (non-hydrogen) atoms. The van der Waals surface area contributed by atoms with Crippen LogP contribution in [0.3, 0.4) is 0 Å². The van der Waals surface area contributed by atoms with Crippen LogP contribution in [0.2, 0.25) is 0 Å². The highest BCUT2D eigenvalue weighted by Gasteiger charge is 2.17. The Kier molecular flexibility index (Phi) is 4.19. The van der Waals surface area contributed by atoms with Crippen LogP contribution in [0, 0.1) is 11.3 Å². The van der Waals surface area contributed by atoms with Gasteiger partial charge in [-0.15, -0.1) is 11.3 Å². The number of rotatable bonds is 4. The van der Waals surface area contributed by atoms with Crippen LogP contribution in [-0.4, -0.2) is 16.9 Å². The molecule has 0 amide bonds. The molecule has 0 saturated heterocycles. The van der Waals surface area contributed by atoms with Gasteiger partial charge in [-0.25, -0.2) is 4.98 Å². The number of thiazole rings is 1. The van der Waals surface area contributed by atoms with Gasteiger partial charge >= 0.3 is 0 Å². The van der Waals surface area contributed by atoms with Gasteiger partial charge in [0.2, 0.25) is 0 Å². The number of aromatic nitrogens is 1. The second-order valence-electron chi connectivity index (χ2n) is 5.38. The summed E-state index contributed by atoms with van der Waals surface area (Å²) < 4.78 is 1.22. The predicted molar refractivity (Wildman–Crippen MR) is 90.7 cm³/mol. The van der Waals surface area contributed by atoms with E-state index in [0.29, 0.717) is 0 Å². The van der Waals surface area contributed by atoms with Gasteiger partial charge in [-0.2, -0.15) is 5.26 Å². The minimum Gasteiger partial charge on any atom is -0.293 e. The summed E-state index contributed by atoms with van der Waals surface area (Å²) in [5.41, 5.74) is 2.85. The Morgan fingerprint density at radius 2 is 1.91 bits per heavy atom. The fourth-order valence-electron chi connectivity index (χ4n) is 2.43. The second kappa shape index (κ2) is 6.27. The molecule has 0 radical (unpaired) electrons. The van der Waals surface area contributed by atoms with E-state index in [-0.39, 0.29) is 6.04 Å². The lowest BCUT2D eigenvalue weighted by Gasteiger charge is -2.23. The number of hydrogen-bond donors (Lipinski definition) is 0. The molecule has 1 aromatic heterocycles. The predicted octanol–water partition coefficient (Wildman–Crippen LogP) is 4.36. The third kappa shape index (κ3) is 2.87. The van der Waals surface area contributed by atoms with Crippen LogP contribution in [0.25, 0.3) is 10.2 Å². The maximum atomic E-state index is 9.20. The first-order chi connectivity index (χ1) is 10.7. The lowest BCUT2D eigenvalue weighted by atomic mass is 10.1. The van der Waals surface area contributed by atoms with Crippen LogP contribution < -0.4 is 0 Å². The first-order valence-electron chi connectivity index (χ1n) is 7.22. The highest BCUT2D eigenvalue weighted by molar-refractivity contribution is 7.18. The smallest absolute Gasteiger partial charge is 0.111 e. The van der Waals surface area contributed by atoms with Crippen molar-refractivity contribution < 1.29 is 0 Å². The molecule has 110 valence electrons. The van der Waals surface area contributed by atoms with Crippen molar-refractivity contribution in [3.63, 3.8) is 0 Å². The number of nitrogens with zero attached hydrogens (tertiary/aromatic N) is 3. The van der Waals surface area contributed by atoms with Gasteiger partial charge in [0.05, 0.1) is 27.9 Å². The average molecular weight is 307 g/mol. The van der Waals surface area contributed by atoms with E-state index < -0.39 is 0 Å². The van der Waals surface area contributed by atoms with Gasteiger partial charge in [0.1, 0.15) is 5.01 Å². The summed E-state index contributed by atoms with van der Waals surface area (Å²) in [6, 6.07) is 18.4. The summed E-state index contributed by atoms with van der Waals surface area (Å²) in [6.45, 7) is 2.90. The van der Waals surface area contributed by atoms with Crippen LogP contribution in [0.4, 0.5) is 0 Å². The van der Waals surface area contributed by atoms with E-state index in [9.17, 15) is 5.26 Å². The molecule has 3 rings (SSSR count). The van der Waals surface area contributed by atoms with Crippen LogP contribution in [0.5, 0.6) is 0 Å². The number of hydrogen-bond acceptors (Lipinski definition) is 4. The Hall–Kier alpha value is -2.22. The lowest BCUT2D eigenvalue weighted by molar-refractivity contribution is 0.252. The lowest BCUT2D eigenvalue weighted by Crippen LogP contribution is -2.22. The number of fused-ring (bicyclic) bond motifs is 1. The van der Waals surface area contributed by atoms with Crippen molar-refractivity contribution in [3.05, 3.63) is 64.7 Å². The Morgan fingerprint density at radius 1 is 1.18 bits per heavy atom. The zero-order valence-corrected chi connectivity index (χ0v) is 13.5. The molecule has 0 unspecified atom stereocenters. The molecule has 1 atom stereocenters. The fraction of sp³-hybridized carbons (Fsp3) is 0.222. The molecule has 0 N–H and O–H groups in total. The minimum atomic E-state index is 0.212. The van der Waals surface area contributed by atoms with Crippen molar-refractivity contribution in [2.24, 2.45) is 0 Å². The summed E-state index contributed by atoms with van der Waals surface area (Å²) in [7, 11) is 2.07. The van der Waals surface area contributed by atoms with Gasteiger partial charge in [0, 0.05) is 6.54 Å². The summed E-state index contributed by atoms with van der Waals surface area (Å²) >= 11 is 1.74. The average Bonchev–Trinajstić information content (AvgIpc) is 2.98. The molecule has 3 aromatic rings. The largest absolute Gasteiger partial charge is 0.293 e. The molecule has 0 aliphatic carbocycles. The Bertz CT molecular complexity index is 798. The fourth-order valence-corrected chi connectivity index (χ4v) is 3.51. The van der Waals surface area contributed by atoms with Gasteiger partial charge in [0.25, 0.3) is 0 Å². The van der Waals surface area contributed by atoms with Crippen LogP contribution in [0.15, 0.2) is 48.5 Å². The van der Waals surface area contributed by atoms with Gasteiger partial charge in [-0.05, 0) is 37.7 Å². The SMILES string of the molecule is C[C@H](c1nc2ccccc2s1)N(C)Cc1ccccc1C#N.